The van der Waals surface area contributed by atoms with Crippen molar-refractivity contribution in [2.75, 3.05) is 64.6 Å². The Kier molecular flexibility index (Phi) is 11.0. The van der Waals surface area contributed by atoms with Gasteiger partial charge in [0.25, 0.3) is 0 Å². The molecule has 2 aliphatic rings. The largest absolute Gasteiger partial charge is 0.421 e. The Bertz CT molecular complexity index is 2040. The molecule has 2 aliphatic heterocycles. The van der Waals surface area contributed by atoms with Crippen molar-refractivity contribution in [1.29, 1.82) is 0 Å². The highest BCUT2D eigenvalue weighted by Gasteiger charge is 2.35. The van der Waals surface area contributed by atoms with Crippen LogP contribution in [0.1, 0.15) is 29.5 Å². The molecule has 0 bridgehead atoms. The minimum Gasteiger partial charge on any atom is -0.374 e. The number of carbonyl (C=O) groups excluding carboxylic acids is 2. The van der Waals surface area contributed by atoms with Gasteiger partial charge in [0.15, 0.2) is 0 Å². The average molecular weight is 753 g/mol. The molecule has 0 saturated carbocycles. The Morgan fingerprint density at radius 2 is 1.66 bits per heavy atom. The topological polar surface area (TPSA) is 165 Å². The number of amides is 2. The molecule has 0 radical (unpaired) electrons. The molecule has 14 nitrogen and oxygen atoms in total. The summed E-state index contributed by atoms with van der Waals surface area (Å²) < 4.78 is 66.8. The summed E-state index contributed by atoms with van der Waals surface area (Å²) in [6.45, 7) is 3.89. The fraction of sp³-hybridized carbons (Fsp3) is 0.343. The molecule has 2 aromatic carbocycles. The number of nitrogens with one attached hydrogen (secondary N) is 4. The smallest absolute Gasteiger partial charge is 0.374 e. The van der Waals surface area contributed by atoms with Crippen molar-refractivity contribution in [3.63, 3.8) is 0 Å². The van der Waals surface area contributed by atoms with Gasteiger partial charge in [-0.05, 0) is 54.4 Å². The molecule has 2 amide bonds. The molecule has 4 heterocycles. The number of aromatic nitrogens is 3. The minimum absolute atomic E-state index is 0.0543. The Morgan fingerprint density at radius 3 is 2.32 bits per heavy atom. The quantitative estimate of drug-likeness (QED) is 0.153. The Labute approximate surface area is 304 Å². The van der Waals surface area contributed by atoms with Gasteiger partial charge in [0.05, 0.1) is 6.26 Å². The van der Waals surface area contributed by atoms with Crippen LogP contribution in [-0.2, 0) is 38.9 Å². The Morgan fingerprint density at radius 1 is 0.962 bits per heavy atom. The van der Waals surface area contributed by atoms with Crippen LogP contribution in [0.2, 0.25) is 0 Å². The lowest BCUT2D eigenvalue weighted by Gasteiger charge is -2.36. The zero-order valence-electron chi connectivity index (χ0n) is 29.0. The third kappa shape index (κ3) is 9.50. The fourth-order valence-corrected chi connectivity index (χ4v) is 6.50. The van der Waals surface area contributed by atoms with E-state index in [2.05, 4.69) is 46.0 Å². The Hall–Kier alpha value is -5.49. The molecule has 0 spiro atoms. The number of benzene rings is 2. The summed E-state index contributed by atoms with van der Waals surface area (Å²) in [5.41, 5.74) is 2.84. The predicted octanol–water partition coefficient (Wildman–Crippen LogP) is 4.18. The monoisotopic (exact) mass is 752 g/mol. The van der Waals surface area contributed by atoms with Crippen molar-refractivity contribution >= 4 is 56.5 Å². The average Bonchev–Trinajstić information content (AvgIpc) is 3.12. The van der Waals surface area contributed by atoms with Crippen LogP contribution in [0.25, 0.3) is 0 Å². The number of carbonyl (C=O) groups is 2. The van der Waals surface area contributed by atoms with Crippen LogP contribution in [0.4, 0.5) is 47.8 Å². The molecule has 280 valence electrons. The lowest BCUT2D eigenvalue weighted by Crippen LogP contribution is -2.47. The van der Waals surface area contributed by atoms with Crippen molar-refractivity contribution < 1.29 is 31.2 Å². The van der Waals surface area contributed by atoms with Gasteiger partial charge in [0.1, 0.15) is 23.2 Å². The molecule has 2 fully saturated rings. The Balaban J connectivity index is 1.03. The first-order valence-corrected chi connectivity index (χ1v) is 18.7. The van der Waals surface area contributed by atoms with Crippen molar-refractivity contribution in [3.8, 4) is 0 Å². The van der Waals surface area contributed by atoms with E-state index < -0.39 is 33.6 Å². The molecular weight excluding hydrogens is 714 g/mol. The number of hydrogen-bond donors (Lipinski definition) is 4. The molecule has 1 atom stereocenters. The molecule has 4 N–H and O–H groups in total. The molecule has 53 heavy (non-hydrogen) atoms. The van der Waals surface area contributed by atoms with Gasteiger partial charge in [-0.1, -0.05) is 18.2 Å². The maximum atomic E-state index is 13.9. The standard InChI is InChI=1S/C35H39F3N10O4S/c1-46(53(2,51)52)32-24(4-3-15-39-32)20-40-31-28(35(36,37)38)21-41-34(45-31)43-26-9-11-27(12-10-26)48-18-16-47(17-19-48)22-23-5-7-25(8-6-23)42-29-13-14-30(49)44-33(29)50/h3-12,15,21,29,42H,13-14,16-20,22H2,1-2H3,(H,44,49,50)(H2,40,41,43,45). The highest BCUT2D eigenvalue weighted by molar-refractivity contribution is 7.92. The number of rotatable bonds is 12. The van der Waals surface area contributed by atoms with Gasteiger partial charge in [-0.25, -0.2) is 18.4 Å². The van der Waals surface area contributed by atoms with E-state index in [1.165, 1.54) is 13.2 Å². The number of sulfonamides is 1. The van der Waals surface area contributed by atoms with Gasteiger partial charge in [0.2, 0.25) is 27.8 Å². The third-order valence-corrected chi connectivity index (χ3v) is 10.2. The number of alkyl halides is 3. The summed E-state index contributed by atoms with van der Waals surface area (Å²) in [6, 6.07) is 18.1. The first-order valence-electron chi connectivity index (χ1n) is 16.8. The van der Waals surface area contributed by atoms with Crippen LogP contribution in [0, 0.1) is 0 Å². The second-order valence-electron chi connectivity index (χ2n) is 12.8. The van der Waals surface area contributed by atoms with E-state index in [9.17, 15) is 31.2 Å². The zero-order valence-corrected chi connectivity index (χ0v) is 29.8. The first-order chi connectivity index (χ1) is 25.2. The lowest BCUT2D eigenvalue weighted by atomic mass is 10.1. The van der Waals surface area contributed by atoms with E-state index in [1.54, 1.807) is 12.1 Å². The van der Waals surface area contributed by atoms with Gasteiger partial charge in [-0.2, -0.15) is 18.2 Å². The molecular formula is C35H39F3N10O4S. The number of piperazine rings is 1. The summed E-state index contributed by atoms with van der Waals surface area (Å²) in [7, 11) is -2.35. The number of pyridine rings is 1. The van der Waals surface area contributed by atoms with Gasteiger partial charge < -0.3 is 20.9 Å². The predicted molar refractivity (Wildman–Crippen MR) is 195 cm³/mol. The van der Waals surface area contributed by atoms with Crippen molar-refractivity contribution in [3.05, 3.63) is 89.7 Å². The molecule has 2 aromatic heterocycles. The van der Waals surface area contributed by atoms with Crippen LogP contribution in [0.15, 0.2) is 73.1 Å². The van der Waals surface area contributed by atoms with Crippen LogP contribution in [-0.4, -0.2) is 85.6 Å². The van der Waals surface area contributed by atoms with E-state index in [1.807, 2.05) is 48.5 Å². The number of imide groups is 1. The maximum Gasteiger partial charge on any atom is 0.421 e. The molecule has 1 unspecified atom stereocenters. The second kappa shape index (κ2) is 15.6. The maximum absolute atomic E-state index is 13.9. The van der Waals surface area contributed by atoms with Gasteiger partial charge in [0, 0.05) is 87.8 Å². The summed E-state index contributed by atoms with van der Waals surface area (Å²) in [5.74, 6) is -0.993. The summed E-state index contributed by atoms with van der Waals surface area (Å²) >= 11 is 0. The van der Waals surface area contributed by atoms with E-state index in [0.29, 0.717) is 30.3 Å². The molecule has 4 aromatic rings. The van der Waals surface area contributed by atoms with Crippen LogP contribution in [0.3, 0.4) is 0 Å². The second-order valence-corrected chi connectivity index (χ2v) is 14.8. The molecule has 2 saturated heterocycles. The van der Waals surface area contributed by atoms with E-state index >= 15 is 0 Å². The third-order valence-electron chi connectivity index (χ3n) is 9.00. The van der Waals surface area contributed by atoms with Crippen molar-refractivity contribution in [2.24, 2.45) is 0 Å². The number of nitrogens with zero attached hydrogens (tertiary/aromatic N) is 6. The summed E-state index contributed by atoms with van der Waals surface area (Å²) in [4.78, 5) is 40.2. The van der Waals surface area contributed by atoms with Gasteiger partial charge in [-0.3, -0.25) is 24.1 Å². The van der Waals surface area contributed by atoms with Gasteiger partial charge in [-0.15, -0.1) is 0 Å². The zero-order chi connectivity index (χ0) is 37.8. The normalized spacial score (nSPS) is 16.9. The van der Waals surface area contributed by atoms with Gasteiger partial charge >= 0.3 is 6.18 Å². The van der Waals surface area contributed by atoms with Crippen molar-refractivity contribution in [2.45, 2.75) is 38.1 Å². The molecule has 6 rings (SSSR count). The molecule has 18 heteroatoms. The SMILES string of the molecule is CN(c1ncccc1CNc1nc(Nc2ccc(N3CCN(Cc4ccc(NC5CCC(=O)NC5=O)cc4)CC3)cc2)ncc1C(F)(F)F)S(C)(=O)=O. The van der Waals surface area contributed by atoms with Crippen LogP contribution in [0.5, 0.6) is 0 Å². The number of hydrogen-bond acceptors (Lipinski definition) is 12. The van der Waals surface area contributed by atoms with Crippen LogP contribution < -0.4 is 30.5 Å². The summed E-state index contributed by atoms with van der Waals surface area (Å²) in [5, 5.41) is 11.2. The summed E-state index contributed by atoms with van der Waals surface area (Å²) in [6.07, 6.45) is -0.852. The fourth-order valence-electron chi connectivity index (χ4n) is 6.02. The first kappa shape index (κ1) is 37.3. The van der Waals surface area contributed by atoms with Crippen LogP contribution >= 0.6 is 0 Å². The lowest BCUT2D eigenvalue weighted by molar-refractivity contribution is -0.137. The van der Waals surface area contributed by atoms with E-state index in [-0.39, 0.29) is 30.1 Å². The van der Waals surface area contributed by atoms with Crippen molar-refractivity contribution in [1.82, 2.24) is 25.2 Å². The number of piperidine rings is 1. The minimum atomic E-state index is -4.74. The number of halogens is 3. The number of anilines is 6. The highest BCUT2D eigenvalue weighted by atomic mass is 32.2. The van der Waals surface area contributed by atoms with E-state index in [0.717, 1.165) is 60.2 Å². The molecule has 0 aliphatic carbocycles. The van der Waals surface area contributed by atoms with E-state index in [4.69, 9.17) is 0 Å². The highest BCUT2D eigenvalue weighted by Crippen LogP contribution is 2.35.